The number of nitrogens with two attached hydrogens (primary N) is 1. The first-order chi connectivity index (χ1) is 10.2. The maximum absolute atomic E-state index is 12.4. The van der Waals surface area contributed by atoms with Crippen LogP contribution in [0.15, 0.2) is 41.8 Å². The highest BCUT2D eigenvalue weighted by molar-refractivity contribution is 7.09. The smallest absolute Gasteiger partial charge is 0.261 e. The Balaban J connectivity index is 1.58. The van der Waals surface area contributed by atoms with Crippen molar-refractivity contribution in [3.05, 3.63) is 46.7 Å². The molecule has 0 spiro atoms. The number of nitrogen functional groups attached to an aromatic ring is 1. The summed E-state index contributed by atoms with van der Waals surface area (Å²) in [6.45, 7) is 0.762. The summed E-state index contributed by atoms with van der Waals surface area (Å²) in [5.74, 6) is 0.715. The zero-order valence-corrected chi connectivity index (χ0v) is 12.5. The first-order valence-corrected chi connectivity index (χ1v) is 7.90. The van der Waals surface area contributed by atoms with E-state index in [1.165, 1.54) is 4.88 Å². The van der Waals surface area contributed by atoms with E-state index in [-0.39, 0.29) is 12.5 Å². The third kappa shape index (κ3) is 3.76. The molecule has 0 unspecified atom stereocenters. The predicted octanol–water partition coefficient (Wildman–Crippen LogP) is 2.90. The number of rotatable bonds is 6. The van der Waals surface area contributed by atoms with E-state index in [9.17, 15) is 4.79 Å². The fourth-order valence-electron chi connectivity index (χ4n) is 2.17. The Hall–Kier alpha value is -2.01. The van der Waals surface area contributed by atoms with Gasteiger partial charge in [0.2, 0.25) is 0 Å². The topological polar surface area (TPSA) is 55.6 Å². The second kappa shape index (κ2) is 6.18. The molecule has 1 aromatic heterocycles. The number of thiophene rings is 1. The van der Waals surface area contributed by atoms with Gasteiger partial charge in [0.1, 0.15) is 5.75 Å². The number of hydrogen-bond acceptors (Lipinski definition) is 4. The van der Waals surface area contributed by atoms with Crippen LogP contribution in [-0.2, 0) is 11.3 Å². The molecule has 2 aromatic rings. The van der Waals surface area contributed by atoms with Gasteiger partial charge >= 0.3 is 0 Å². The van der Waals surface area contributed by atoms with E-state index in [4.69, 9.17) is 10.5 Å². The summed E-state index contributed by atoms with van der Waals surface area (Å²) in [4.78, 5) is 15.5. The van der Waals surface area contributed by atoms with Crippen molar-refractivity contribution in [2.45, 2.75) is 25.4 Å². The molecule has 21 heavy (non-hydrogen) atoms. The third-order valence-electron chi connectivity index (χ3n) is 3.46. The van der Waals surface area contributed by atoms with Crippen molar-refractivity contribution in [3.8, 4) is 5.75 Å². The van der Waals surface area contributed by atoms with Gasteiger partial charge < -0.3 is 15.4 Å². The van der Waals surface area contributed by atoms with E-state index in [2.05, 4.69) is 6.07 Å². The molecule has 1 aliphatic carbocycles. The first kappa shape index (κ1) is 13.9. The molecule has 1 fully saturated rings. The molecule has 1 amide bonds. The average molecular weight is 302 g/mol. The molecular formula is C16H18N2O2S. The lowest BCUT2D eigenvalue weighted by Gasteiger charge is -2.21. The van der Waals surface area contributed by atoms with E-state index in [1.54, 1.807) is 35.6 Å². The fraction of sp³-hybridized carbons (Fsp3) is 0.312. The van der Waals surface area contributed by atoms with E-state index in [1.807, 2.05) is 16.3 Å². The lowest BCUT2D eigenvalue weighted by molar-refractivity contribution is -0.134. The summed E-state index contributed by atoms with van der Waals surface area (Å²) in [6, 6.07) is 11.6. The minimum Gasteiger partial charge on any atom is -0.484 e. The normalized spacial score (nSPS) is 13.9. The number of carbonyl (C=O) groups is 1. The molecular weight excluding hydrogens is 284 g/mol. The summed E-state index contributed by atoms with van der Waals surface area (Å²) in [7, 11) is 0. The van der Waals surface area contributed by atoms with E-state index in [0.29, 0.717) is 24.0 Å². The highest BCUT2D eigenvalue weighted by Gasteiger charge is 2.32. The zero-order valence-electron chi connectivity index (χ0n) is 11.7. The van der Waals surface area contributed by atoms with Crippen molar-refractivity contribution in [2.75, 3.05) is 12.3 Å². The van der Waals surface area contributed by atoms with Crippen LogP contribution in [0.4, 0.5) is 5.69 Å². The number of anilines is 1. The van der Waals surface area contributed by atoms with Crippen LogP contribution in [0.3, 0.4) is 0 Å². The molecule has 0 aliphatic heterocycles. The number of ether oxygens (including phenoxy) is 1. The largest absolute Gasteiger partial charge is 0.484 e. The van der Waals surface area contributed by atoms with Crippen LogP contribution in [0.1, 0.15) is 17.7 Å². The predicted molar refractivity (Wildman–Crippen MR) is 84.2 cm³/mol. The molecule has 5 heteroatoms. The Labute approximate surface area is 128 Å². The second-order valence-electron chi connectivity index (χ2n) is 5.19. The lowest BCUT2D eigenvalue weighted by atomic mass is 10.3. The zero-order chi connectivity index (χ0) is 14.7. The summed E-state index contributed by atoms with van der Waals surface area (Å²) in [5, 5.41) is 2.04. The summed E-state index contributed by atoms with van der Waals surface area (Å²) >= 11 is 1.68. The van der Waals surface area contributed by atoms with Crippen molar-refractivity contribution in [1.29, 1.82) is 0 Å². The van der Waals surface area contributed by atoms with Gasteiger partial charge in [0.15, 0.2) is 6.61 Å². The Morgan fingerprint density at radius 3 is 2.67 bits per heavy atom. The van der Waals surface area contributed by atoms with Gasteiger partial charge in [-0.25, -0.2) is 0 Å². The fourth-order valence-corrected chi connectivity index (χ4v) is 2.87. The summed E-state index contributed by atoms with van der Waals surface area (Å²) in [6.07, 6.45) is 2.19. The van der Waals surface area contributed by atoms with Gasteiger partial charge in [0, 0.05) is 16.6 Å². The second-order valence-corrected chi connectivity index (χ2v) is 6.22. The monoisotopic (exact) mass is 302 g/mol. The van der Waals surface area contributed by atoms with Crippen molar-refractivity contribution in [3.63, 3.8) is 0 Å². The minimum atomic E-state index is 0.0442. The average Bonchev–Trinajstić information content (AvgIpc) is 3.20. The highest BCUT2D eigenvalue weighted by atomic mass is 32.1. The first-order valence-electron chi connectivity index (χ1n) is 7.02. The van der Waals surface area contributed by atoms with Crippen LogP contribution in [-0.4, -0.2) is 23.5 Å². The lowest BCUT2D eigenvalue weighted by Crippen LogP contribution is -2.36. The molecule has 0 atom stereocenters. The number of amides is 1. The van der Waals surface area contributed by atoms with Gasteiger partial charge in [-0.3, -0.25) is 4.79 Å². The van der Waals surface area contributed by atoms with Crippen molar-refractivity contribution < 1.29 is 9.53 Å². The maximum atomic E-state index is 12.4. The molecule has 1 saturated carbocycles. The van der Waals surface area contributed by atoms with Gasteiger partial charge in [0.05, 0.1) is 6.54 Å². The van der Waals surface area contributed by atoms with Crippen molar-refractivity contribution in [2.24, 2.45) is 0 Å². The molecule has 4 nitrogen and oxygen atoms in total. The Bertz CT molecular complexity index is 591. The third-order valence-corrected chi connectivity index (χ3v) is 4.32. The van der Waals surface area contributed by atoms with Gasteiger partial charge in [-0.1, -0.05) is 6.07 Å². The summed E-state index contributed by atoms with van der Waals surface area (Å²) < 4.78 is 5.56. The number of benzene rings is 1. The molecule has 1 aromatic carbocycles. The summed E-state index contributed by atoms with van der Waals surface area (Å²) in [5.41, 5.74) is 6.31. The number of nitrogens with zero attached hydrogens (tertiary/aromatic N) is 1. The molecule has 1 heterocycles. The van der Waals surface area contributed by atoms with E-state index in [0.717, 1.165) is 12.8 Å². The maximum Gasteiger partial charge on any atom is 0.261 e. The molecule has 110 valence electrons. The molecule has 0 radical (unpaired) electrons. The SMILES string of the molecule is Nc1ccc(OCC(=O)N(Cc2cccs2)C2CC2)cc1. The van der Waals surface area contributed by atoms with Crippen LogP contribution in [0.2, 0.25) is 0 Å². The van der Waals surface area contributed by atoms with Crippen LogP contribution < -0.4 is 10.5 Å². The van der Waals surface area contributed by atoms with Crippen LogP contribution in [0.25, 0.3) is 0 Å². The molecule has 2 N–H and O–H groups in total. The quantitative estimate of drug-likeness (QED) is 0.835. The van der Waals surface area contributed by atoms with Crippen LogP contribution in [0, 0.1) is 0 Å². The molecule has 0 saturated heterocycles. The Kier molecular flexibility index (Phi) is 4.10. The Morgan fingerprint density at radius 1 is 1.29 bits per heavy atom. The standard InChI is InChI=1S/C16H18N2O2S/c17-12-3-7-14(8-4-12)20-11-16(19)18(13-5-6-13)10-15-2-1-9-21-15/h1-4,7-9,13H,5-6,10-11,17H2. The molecule has 0 bridgehead atoms. The number of hydrogen-bond donors (Lipinski definition) is 1. The van der Waals surface area contributed by atoms with E-state index < -0.39 is 0 Å². The van der Waals surface area contributed by atoms with Crippen LogP contribution in [0.5, 0.6) is 5.75 Å². The highest BCUT2D eigenvalue weighted by Crippen LogP contribution is 2.29. The van der Waals surface area contributed by atoms with Gasteiger partial charge in [0.25, 0.3) is 5.91 Å². The van der Waals surface area contributed by atoms with Gasteiger partial charge in [-0.2, -0.15) is 0 Å². The molecule has 3 rings (SSSR count). The Morgan fingerprint density at radius 2 is 2.05 bits per heavy atom. The molecule has 1 aliphatic rings. The minimum absolute atomic E-state index is 0.0442. The van der Waals surface area contributed by atoms with E-state index >= 15 is 0 Å². The van der Waals surface area contributed by atoms with Crippen molar-refractivity contribution >= 4 is 22.9 Å². The van der Waals surface area contributed by atoms with Crippen molar-refractivity contribution in [1.82, 2.24) is 4.90 Å². The number of carbonyl (C=O) groups excluding carboxylic acids is 1. The van der Waals surface area contributed by atoms with Gasteiger partial charge in [-0.05, 0) is 48.6 Å². The van der Waals surface area contributed by atoms with Gasteiger partial charge in [-0.15, -0.1) is 11.3 Å². The van der Waals surface area contributed by atoms with Crippen LogP contribution >= 0.6 is 11.3 Å².